The van der Waals surface area contributed by atoms with Crippen molar-refractivity contribution in [1.82, 2.24) is 0 Å². The first-order chi connectivity index (χ1) is 32.5. The van der Waals surface area contributed by atoms with Gasteiger partial charge in [0.25, 0.3) is 0 Å². The first kappa shape index (κ1) is 42.7. The summed E-state index contributed by atoms with van der Waals surface area (Å²) in [6, 6.07) is 95.0. The lowest BCUT2D eigenvalue weighted by Gasteiger charge is -2.34. The van der Waals surface area contributed by atoms with Crippen LogP contribution < -0.4 is 41.5 Å². The number of rotatable bonds is 8. The maximum absolute atomic E-state index is 3.51. The highest BCUT2D eigenvalue weighted by Gasteiger charge is 2.43. The van der Waals surface area contributed by atoms with Crippen molar-refractivity contribution in [1.29, 1.82) is 0 Å². The van der Waals surface area contributed by atoms with E-state index >= 15 is 0 Å². The van der Waals surface area contributed by atoms with Gasteiger partial charge < -0.3 is 0 Å². The van der Waals surface area contributed by atoms with Crippen LogP contribution in [0.2, 0.25) is 0 Å². The van der Waals surface area contributed by atoms with Crippen LogP contribution in [-0.4, -0.2) is 16.1 Å². The molecule has 316 valence electrons. The molecule has 0 aliphatic rings. The smallest absolute Gasteiger partial charge is 0.135 e. The van der Waals surface area contributed by atoms with Gasteiger partial charge in [0.05, 0.1) is 0 Å². The summed E-state index contributed by atoms with van der Waals surface area (Å²) in [6.45, 7) is 0. The van der Waals surface area contributed by atoms with Crippen molar-refractivity contribution in [3.63, 3.8) is 0 Å². The van der Waals surface area contributed by atoms with E-state index in [4.69, 9.17) is 0 Å². The fraction of sp³-hybridized carbons (Fsp3) is 0. The Bertz CT molecular complexity index is 3170. The number of thiophene rings is 2. The van der Waals surface area contributed by atoms with Gasteiger partial charge in [-0.3, -0.25) is 0 Å². The molecule has 0 unspecified atom stereocenters. The molecule has 2 heterocycles. The van der Waals surface area contributed by atoms with Crippen molar-refractivity contribution < 1.29 is 0 Å². The van der Waals surface area contributed by atoms with E-state index in [1.807, 2.05) is 22.7 Å². The van der Waals surface area contributed by atoms with E-state index < -0.39 is 16.1 Å². The summed E-state index contributed by atoms with van der Waals surface area (Å²) in [4.78, 5) is 0. The second kappa shape index (κ2) is 18.4. The Morgan fingerprint density at radius 3 is 0.712 bits per heavy atom. The van der Waals surface area contributed by atoms with Crippen LogP contribution in [0.5, 0.6) is 0 Å². The fourth-order valence-corrected chi connectivity index (χ4v) is 22.5. The topological polar surface area (TPSA) is 0 Å². The van der Waals surface area contributed by atoms with Crippen LogP contribution in [0.1, 0.15) is 0 Å². The van der Waals surface area contributed by atoms with Crippen LogP contribution in [0.15, 0.2) is 264 Å². The molecule has 0 saturated carbocycles. The summed E-state index contributed by atoms with van der Waals surface area (Å²) in [6.07, 6.45) is 0. The minimum atomic E-state index is -2.67. The van der Waals surface area contributed by atoms with Gasteiger partial charge in [0, 0.05) is 49.3 Å². The van der Waals surface area contributed by atoms with Crippen LogP contribution in [0, 0.1) is 0 Å². The van der Waals surface area contributed by atoms with E-state index in [0.717, 1.165) is 8.95 Å². The van der Waals surface area contributed by atoms with Gasteiger partial charge in [0.2, 0.25) is 0 Å². The highest BCUT2D eigenvalue weighted by molar-refractivity contribution is 9.10. The molecule has 6 heteroatoms. The van der Waals surface area contributed by atoms with Gasteiger partial charge in [-0.25, -0.2) is 0 Å². The average molecular weight is 1040 g/mol. The third-order valence-corrected chi connectivity index (χ3v) is 25.8. The van der Waals surface area contributed by atoms with Gasteiger partial charge in [-0.15, -0.1) is 22.7 Å². The van der Waals surface area contributed by atoms with Crippen molar-refractivity contribution in [2.24, 2.45) is 0 Å². The Hall–Kier alpha value is -5.97. The standard InChI is InChI=1S/C48H36SSi2.C12H6Br2S/c1-7-19-37(20-8-1)50(38-21-9-2-10-22-38,39-23-11-3-12-24-39)43-31-33-47-45(35-43)46-36-44(32-34-48(46)49-47)51(40-25-13-4-14-26-40,41-27-15-5-16-28-41)42-29-17-6-18-30-42;13-7-1-3-11-9(5-7)10-6-8(14)2-4-12(10)15-11/h1-36H;1-6H. The molecular weight excluding hydrogens is 1000 g/mol. The number of halogens is 2. The molecule has 0 atom stereocenters. The molecular formula is C60H42Br2S2Si2. The molecule has 0 fully saturated rings. The molecule has 0 aliphatic carbocycles. The van der Waals surface area contributed by atoms with Crippen LogP contribution >= 0.6 is 54.5 Å². The Morgan fingerprint density at radius 2 is 0.455 bits per heavy atom. The lowest BCUT2D eigenvalue weighted by molar-refractivity contribution is 1.67. The second-order valence-electron chi connectivity index (χ2n) is 16.6. The minimum absolute atomic E-state index is 1.13. The zero-order valence-corrected chi connectivity index (χ0v) is 42.6. The van der Waals surface area contributed by atoms with E-state index in [9.17, 15) is 0 Å². The first-order valence-electron chi connectivity index (χ1n) is 22.1. The monoisotopic (exact) mass is 1040 g/mol. The second-order valence-corrected chi connectivity index (χ2v) is 28.2. The van der Waals surface area contributed by atoms with Crippen LogP contribution in [-0.2, 0) is 0 Å². The minimum Gasteiger partial charge on any atom is -0.135 e. The lowest BCUT2D eigenvalue weighted by atomic mass is 10.1. The van der Waals surface area contributed by atoms with Crippen molar-refractivity contribution in [2.45, 2.75) is 0 Å². The molecule has 0 aliphatic heterocycles. The SMILES string of the molecule is Brc1ccc2sc3ccc(Br)cc3c2c1.c1ccc([Si](c2ccccc2)(c2ccccc2)c2ccc3sc4ccc([Si](c5ccccc5)(c5ccccc5)c5ccccc5)cc4c3c2)cc1. The Labute approximate surface area is 412 Å². The Balaban J connectivity index is 0.000000270. The summed E-state index contributed by atoms with van der Waals surface area (Å²) in [5, 5.41) is 16.5. The average Bonchev–Trinajstić information content (AvgIpc) is 3.93. The number of hydrogen-bond donors (Lipinski definition) is 0. The van der Waals surface area contributed by atoms with Crippen LogP contribution in [0.3, 0.4) is 0 Å². The summed E-state index contributed by atoms with van der Waals surface area (Å²) in [5.74, 6) is 0. The molecule has 0 bridgehead atoms. The van der Waals surface area contributed by atoms with Crippen LogP contribution in [0.25, 0.3) is 40.3 Å². The molecule has 66 heavy (non-hydrogen) atoms. The first-order valence-corrected chi connectivity index (χ1v) is 29.3. The van der Waals surface area contributed by atoms with Gasteiger partial charge >= 0.3 is 0 Å². The van der Waals surface area contributed by atoms with E-state index in [2.05, 4.69) is 287 Å². The normalized spacial score (nSPS) is 11.8. The summed E-state index contributed by atoms with van der Waals surface area (Å²) < 4.78 is 7.60. The van der Waals surface area contributed by atoms with E-state index in [-0.39, 0.29) is 0 Å². The van der Waals surface area contributed by atoms with Crippen molar-refractivity contribution in [2.75, 3.05) is 0 Å². The zero-order chi connectivity index (χ0) is 44.5. The predicted octanol–water partition coefficient (Wildman–Crippen LogP) is 12.4. The lowest BCUT2D eigenvalue weighted by Crippen LogP contribution is -2.74. The molecule has 12 aromatic rings. The number of benzene rings is 10. The summed E-state index contributed by atoms with van der Waals surface area (Å²) in [7, 11) is -5.35. The molecule has 10 aromatic carbocycles. The molecule has 0 saturated heterocycles. The quantitative estimate of drug-likeness (QED) is 0.105. The van der Waals surface area contributed by atoms with E-state index in [0.29, 0.717) is 0 Å². The Morgan fingerprint density at radius 1 is 0.227 bits per heavy atom. The van der Waals surface area contributed by atoms with Gasteiger partial charge in [-0.2, -0.15) is 0 Å². The highest BCUT2D eigenvalue weighted by Crippen LogP contribution is 2.37. The third-order valence-electron chi connectivity index (χ3n) is 13.0. The fourth-order valence-electron chi connectivity index (χ4n) is 10.1. The maximum Gasteiger partial charge on any atom is 0.179 e. The molecule has 0 spiro atoms. The van der Waals surface area contributed by atoms with Gasteiger partial charge in [0.15, 0.2) is 16.1 Å². The molecule has 0 nitrogen and oxygen atoms in total. The molecule has 0 amide bonds. The largest absolute Gasteiger partial charge is 0.179 e. The molecule has 0 radical (unpaired) electrons. The maximum atomic E-state index is 3.51. The Kier molecular flexibility index (Phi) is 11.9. The van der Waals surface area contributed by atoms with Crippen LogP contribution in [0.4, 0.5) is 0 Å². The highest BCUT2D eigenvalue weighted by atomic mass is 79.9. The zero-order valence-electron chi connectivity index (χ0n) is 35.8. The molecule has 12 rings (SSSR count). The molecule has 2 aromatic heterocycles. The van der Waals surface area contributed by atoms with Crippen molar-refractivity contribution >= 4 is 153 Å². The van der Waals surface area contributed by atoms with E-state index in [1.54, 1.807) is 0 Å². The van der Waals surface area contributed by atoms with Gasteiger partial charge in [-0.1, -0.05) is 238 Å². The molecule has 0 N–H and O–H groups in total. The summed E-state index contributed by atoms with van der Waals surface area (Å²) >= 11 is 10.8. The number of fused-ring (bicyclic) bond motifs is 6. The number of hydrogen-bond acceptors (Lipinski definition) is 2. The predicted molar refractivity (Wildman–Crippen MR) is 301 cm³/mol. The van der Waals surface area contributed by atoms with Gasteiger partial charge in [0.1, 0.15) is 0 Å². The van der Waals surface area contributed by atoms with Gasteiger partial charge in [-0.05, 0) is 90.0 Å². The third kappa shape index (κ3) is 7.56. The van der Waals surface area contributed by atoms with Crippen molar-refractivity contribution in [3.05, 3.63) is 264 Å². The summed E-state index contributed by atoms with van der Waals surface area (Å²) in [5.41, 5.74) is 0. The van der Waals surface area contributed by atoms with Crippen molar-refractivity contribution in [3.8, 4) is 0 Å². The van der Waals surface area contributed by atoms with E-state index in [1.165, 1.54) is 81.8 Å².